The van der Waals surface area contributed by atoms with E-state index in [1.807, 2.05) is 18.2 Å². The topological polar surface area (TPSA) is 28.3 Å². The van der Waals surface area contributed by atoms with Crippen LogP contribution in [0.15, 0.2) is 49.7 Å². The van der Waals surface area contributed by atoms with Crippen LogP contribution in [0.3, 0.4) is 0 Å². The highest BCUT2D eigenvalue weighted by molar-refractivity contribution is 5.85. The summed E-state index contributed by atoms with van der Waals surface area (Å²) in [6, 6.07) is 6.12. The van der Waals surface area contributed by atoms with E-state index in [-0.39, 0.29) is 12.4 Å². The lowest BCUT2D eigenvalue weighted by molar-refractivity contribution is 0.340. The van der Waals surface area contributed by atoms with Gasteiger partial charge in [0, 0.05) is 36.7 Å². The Kier molecular flexibility index (Phi) is 7.06. The summed E-state index contributed by atoms with van der Waals surface area (Å²) in [5, 5.41) is 1.24. The van der Waals surface area contributed by atoms with Crippen molar-refractivity contribution < 1.29 is 4.74 Å². The minimum Gasteiger partial charge on any atom is -0.497 e. The molecule has 21 heavy (non-hydrogen) atoms. The molecule has 4 heteroatoms. The minimum absolute atomic E-state index is 0. The van der Waals surface area contributed by atoms with Crippen molar-refractivity contribution in [1.29, 1.82) is 0 Å². The highest BCUT2D eigenvalue weighted by atomic mass is 35.5. The molecule has 1 aromatic heterocycles. The predicted molar refractivity (Wildman–Crippen MR) is 92.6 cm³/mol. The number of halogens is 1. The summed E-state index contributed by atoms with van der Waals surface area (Å²) in [5.74, 6) is 0.896. The molecule has 0 spiro atoms. The van der Waals surface area contributed by atoms with Crippen LogP contribution in [0.1, 0.15) is 5.56 Å². The molecule has 0 aliphatic rings. The molecule has 1 heterocycles. The molecular formula is C17H23ClN2O. The number of nitrogens with zero attached hydrogens (tertiary/aromatic N) is 1. The fraction of sp³-hybridized carbons (Fsp3) is 0.294. The number of hydrogen-bond acceptors (Lipinski definition) is 2. The van der Waals surface area contributed by atoms with Crippen molar-refractivity contribution >= 4 is 23.3 Å². The van der Waals surface area contributed by atoms with Gasteiger partial charge in [-0.15, -0.1) is 25.6 Å². The van der Waals surface area contributed by atoms with Gasteiger partial charge >= 0.3 is 0 Å². The first-order chi connectivity index (χ1) is 9.78. The van der Waals surface area contributed by atoms with Gasteiger partial charge in [-0.3, -0.25) is 4.90 Å². The van der Waals surface area contributed by atoms with Crippen LogP contribution in [-0.2, 0) is 6.42 Å². The molecule has 0 atom stereocenters. The van der Waals surface area contributed by atoms with Gasteiger partial charge in [-0.25, -0.2) is 0 Å². The molecule has 0 radical (unpaired) electrons. The van der Waals surface area contributed by atoms with E-state index in [4.69, 9.17) is 4.74 Å². The van der Waals surface area contributed by atoms with E-state index < -0.39 is 0 Å². The molecule has 1 aromatic carbocycles. The molecule has 0 aliphatic heterocycles. The standard InChI is InChI=1S/C17H22N2O.ClH/c1-4-9-19(10-5-2)11-8-14-13-18-17-7-6-15(20-3)12-16(14)17;/h4-7,12-13,18H,1-2,8-11H2,3H3;1H. The van der Waals surface area contributed by atoms with Gasteiger partial charge in [0.25, 0.3) is 0 Å². The van der Waals surface area contributed by atoms with Crippen molar-refractivity contribution in [2.75, 3.05) is 26.7 Å². The first kappa shape index (κ1) is 17.3. The first-order valence-electron chi connectivity index (χ1n) is 6.86. The Morgan fingerprint density at radius 2 is 1.95 bits per heavy atom. The van der Waals surface area contributed by atoms with Gasteiger partial charge in [-0.05, 0) is 30.2 Å². The van der Waals surface area contributed by atoms with Gasteiger partial charge in [-0.2, -0.15) is 0 Å². The zero-order valence-electron chi connectivity index (χ0n) is 12.5. The summed E-state index contributed by atoms with van der Waals surface area (Å²) in [6.45, 7) is 10.4. The van der Waals surface area contributed by atoms with Gasteiger partial charge in [0.05, 0.1) is 7.11 Å². The predicted octanol–water partition coefficient (Wildman–Crippen LogP) is 3.81. The third kappa shape index (κ3) is 4.38. The second-order valence-electron chi connectivity index (χ2n) is 4.81. The minimum atomic E-state index is 0. The second kappa shape index (κ2) is 8.55. The maximum absolute atomic E-state index is 5.30. The molecule has 0 bridgehead atoms. The number of H-pyrrole nitrogens is 1. The Morgan fingerprint density at radius 1 is 1.24 bits per heavy atom. The Balaban J connectivity index is 0.00000220. The van der Waals surface area contributed by atoms with Crippen LogP contribution in [0.4, 0.5) is 0 Å². The SMILES string of the molecule is C=CCN(CC=C)CCc1c[nH]c2ccc(OC)cc12.Cl. The average Bonchev–Trinajstić information content (AvgIpc) is 2.87. The molecule has 0 amide bonds. The van der Waals surface area contributed by atoms with Crippen molar-refractivity contribution in [2.24, 2.45) is 0 Å². The second-order valence-corrected chi connectivity index (χ2v) is 4.81. The first-order valence-corrected chi connectivity index (χ1v) is 6.86. The average molecular weight is 307 g/mol. The Hall–Kier alpha value is -1.71. The van der Waals surface area contributed by atoms with Crippen LogP contribution in [0.2, 0.25) is 0 Å². The molecule has 3 nitrogen and oxygen atoms in total. The Bertz CT molecular complexity index is 581. The summed E-state index contributed by atoms with van der Waals surface area (Å²) in [5.41, 5.74) is 2.47. The van der Waals surface area contributed by atoms with Crippen molar-refractivity contribution in [2.45, 2.75) is 6.42 Å². The lowest BCUT2D eigenvalue weighted by atomic mass is 10.1. The van der Waals surface area contributed by atoms with Crippen LogP contribution >= 0.6 is 12.4 Å². The van der Waals surface area contributed by atoms with E-state index in [9.17, 15) is 0 Å². The van der Waals surface area contributed by atoms with E-state index in [0.29, 0.717) is 0 Å². The quantitative estimate of drug-likeness (QED) is 0.751. The fourth-order valence-electron chi connectivity index (χ4n) is 2.39. The van der Waals surface area contributed by atoms with Crippen LogP contribution in [-0.4, -0.2) is 36.6 Å². The highest BCUT2D eigenvalue weighted by Crippen LogP contribution is 2.24. The van der Waals surface area contributed by atoms with Crippen LogP contribution in [0.5, 0.6) is 5.75 Å². The van der Waals surface area contributed by atoms with Gasteiger partial charge in [0.15, 0.2) is 0 Å². The fourth-order valence-corrected chi connectivity index (χ4v) is 2.39. The summed E-state index contributed by atoms with van der Waals surface area (Å²) < 4.78 is 5.30. The van der Waals surface area contributed by atoms with Gasteiger partial charge < -0.3 is 9.72 Å². The molecular weight excluding hydrogens is 284 g/mol. The summed E-state index contributed by atoms with van der Waals surface area (Å²) in [7, 11) is 1.70. The monoisotopic (exact) mass is 306 g/mol. The molecule has 0 saturated heterocycles. The number of rotatable bonds is 8. The third-order valence-electron chi connectivity index (χ3n) is 3.45. The van der Waals surface area contributed by atoms with Gasteiger partial charge in [0.2, 0.25) is 0 Å². The molecule has 0 saturated carbocycles. The lowest BCUT2D eigenvalue weighted by Gasteiger charge is -2.18. The molecule has 1 N–H and O–H groups in total. The van der Waals surface area contributed by atoms with E-state index in [1.165, 1.54) is 10.9 Å². The molecule has 2 rings (SSSR count). The van der Waals surface area contributed by atoms with Crippen molar-refractivity contribution in [3.8, 4) is 5.75 Å². The smallest absolute Gasteiger partial charge is 0.119 e. The lowest BCUT2D eigenvalue weighted by Crippen LogP contribution is -2.26. The van der Waals surface area contributed by atoms with Crippen LogP contribution in [0.25, 0.3) is 10.9 Å². The number of nitrogens with one attached hydrogen (secondary N) is 1. The summed E-state index contributed by atoms with van der Waals surface area (Å²) in [6.07, 6.45) is 6.95. The van der Waals surface area contributed by atoms with E-state index in [1.54, 1.807) is 7.11 Å². The van der Waals surface area contributed by atoms with Crippen molar-refractivity contribution in [3.63, 3.8) is 0 Å². The van der Waals surface area contributed by atoms with E-state index >= 15 is 0 Å². The maximum atomic E-state index is 5.30. The highest BCUT2D eigenvalue weighted by Gasteiger charge is 2.07. The van der Waals surface area contributed by atoms with E-state index in [0.717, 1.165) is 37.3 Å². The largest absolute Gasteiger partial charge is 0.497 e. The van der Waals surface area contributed by atoms with Crippen molar-refractivity contribution in [3.05, 3.63) is 55.3 Å². The summed E-state index contributed by atoms with van der Waals surface area (Å²) in [4.78, 5) is 5.63. The molecule has 0 unspecified atom stereocenters. The number of hydrogen-bond donors (Lipinski definition) is 1. The molecule has 0 aliphatic carbocycles. The number of fused-ring (bicyclic) bond motifs is 1. The number of aromatic nitrogens is 1. The van der Waals surface area contributed by atoms with Crippen LogP contribution < -0.4 is 4.74 Å². The molecule has 2 aromatic rings. The van der Waals surface area contributed by atoms with Gasteiger partial charge in [0.1, 0.15) is 5.75 Å². The normalized spacial score (nSPS) is 10.4. The Morgan fingerprint density at radius 3 is 2.57 bits per heavy atom. The van der Waals surface area contributed by atoms with Crippen molar-refractivity contribution in [1.82, 2.24) is 9.88 Å². The van der Waals surface area contributed by atoms with Crippen LogP contribution in [0, 0.1) is 0 Å². The zero-order valence-corrected chi connectivity index (χ0v) is 13.3. The number of ether oxygens (including phenoxy) is 1. The van der Waals surface area contributed by atoms with Gasteiger partial charge in [-0.1, -0.05) is 12.2 Å². The molecule has 114 valence electrons. The third-order valence-corrected chi connectivity index (χ3v) is 3.45. The number of benzene rings is 1. The zero-order chi connectivity index (χ0) is 14.4. The Labute approximate surface area is 132 Å². The number of methoxy groups -OCH3 is 1. The van der Waals surface area contributed by atoms with E-state index in [2.05, 4.69) is 41.4 Å². The number of aromatic amines is 1. The maximum Gasteiger partial charge on any atom is 0.119 e. The summed E-state index contributed by atoms with van der Waals surface area (Å²) >= 11 is 0. The molecule has 0 fully saturated rings.